The maximum absolute atomic E-state index is 11.2. The van der Waals surface area contributed by atoms with Gasteiger partial charge in [0.25, 0.3) is 0 Å². The number of nitrogens with one attached hydrogen (secondary N) is 1. The SMILES string of the molecule is C=C/C(=C\C)CNC(=O)OC(C)(C)C. The first-order valence-corrected chi connectivity index (χ1v) is 4.63. The molecule has 0 radical (unpaired) electrons. The zero-order valence-corrected chi connectivity index (χ0v) is 9.39. The fraction of sp³-hybridized carbons (Fsp3) is 0.545. The number of alkyl carbamates (subject to hydrolysis) is 1. The van der Waals surface area contributed by atoms with Crippen LogP contribution in [0.1, 0.15) is 27.7 Å². The van der Waals surface area contributed by atoms with E-state index in [1.807, 2.05) is 33.8 Å². The molecule has 0 heterocycles. The van der Waals surface area contributed by atoms with Gasteiger partial charge in [-0.15, -0.1) is 0 Å². The van der Waals surface area contributed by atoms with Crippen LogP contribution in [-0.4, -0.2) is 18.2 Å². The third kappa shape index (κ3) is 6.29. The number of carbonyl (C=O) groups excluding carboxylic acids is 1. The molecule has 0 atom stereocenters. The van der Waals surface area contributed by atoms with Crippen molar-refractivity contribution in [1.82, 2.24) is 5.32 Å². The molecule has 0 aromatic carbocycles. The first-order chi connectivity index (χ1) is 6.39. The highest BCUT2D eigenvalue weighted by Gasteiger charge is 2.15. The fourth-order valence-electron chi connectivity index (χ4n) is 0.780. The van der Waals surface area contributed by atoms with Gasteiger partial charge in [0.15, 0.2) is 0 Å². The lowest BCUT2D eigenvalue weighted by molar-refractivity contribution is 0.0533. The second kappa shape index (κ2) is 5.47. The molecule has 0 aromatic heterocycles. The van der Waals surface area contributed by atoms with Crippen molar-refractivity contribution < 1.29 is 9.53 Å². The van der Waals surface area contributed by atoms with Crippen molar-refractivity contribution in [2.75, 3.05) is 6.54 Å². The summed E-state index contributed by atoms with van der Waals surface area (Å²) in [6.45, 7) is 11.5. The molecular weight excluding hydrogens is 178 g/mol. The molecule has 14 heavy (non-hydrogen) atoms. The average molecular weight is 197 g/mol. The van der Waals surface area contributed by atoms with Gasteiger partial charge in [0.1, 0.15) is 5.60 Å². The zero-order valence-electron chi connectivity index (χ0n) is 9.39. The molecule has 1 N–H and O–H groups in total. The van der Waals surface area contributed by atoms with E-state index in [4.69, 9.17) is 4.74 Å². The van der Waals surface area contributed by atoms with E-state index in [0.717, 1.165) is 5.57 Å². The molecule has 0 saturated heterocycles. The molecule has 3 heteroatoms. The summed E-state index contributed by atoms with van der Waals surface area (Å²) in [5.74, 6) is 0. The Morgan fingerprint density at radius 3 is 2.43 bits per heavy atom. The average Bonchev–Trinajstić information content (AvgIpc) is 2.03. The van der Waals surface area contributed by atoms with Crippen LogP contribution < -0.4 is 5.32 Å². The van der Waals surface area contributed by atoms with Crippen LogP contribution in [0.25, 0.3) is 0 Å². The fourth-order valence-corrected chi connectivity index (χ4v) is 0.780. The third-order valence-corrected chi connectivity index (χ3v) is 1.47. The molecular formula is C11H19NO2. The third-order valence-electron chi connectivity index (χ3n) is 1.47. The largest absolute Gasteiger partial charge is 0.444 e. The number of rotatable bonds is 3. The second-order valence-electron chi connectivity index (χ2n) is 3.92. The van der Waals surface area contributed by atoms with Crippen LogP contribution in [0.2, 0.25) is 0 Å². The number of carbonyl (C=O) groups is 1. The molecule has 0 rings (SSSR count). The molecule has 1 amide bonds. The highest BCUT2D eigenvalue weighted by Crippen LogP contribution is 2.06. The first kappa shape index (κ1) is 12.8. The van der Waals surface area contributed by atoms with Crippen LogP contribution in [-0.2, 0) is 4.74 Å². The Morgan fingerprint density at radius 2 is 2.07 bits per heavy atom. The zero-order chi connectivity index (χ0) is 11.2. The number of hydrogen-bond donors (Lipinski definition) is 1. The Morgan fingerprint density at radius 1 is 1.50 bits per heavy atom. The van der Waals surface area contributed by atoms with Crippen LogP contribution in [0, 0.1) is 0 Å². The Hall–Kier alpha value is -1.25. The van der Waals surface area contributed by atoms with Crippen molar-refractivity contribution in [1.29, 1.82) is 0 Å². The van der Waals surface area contributed by atoms with Gasteiger partial charge in [0.05, 0.1) is 0 Å². The summed E-state index contributed by atoms with van der Waals surface area (Å²) in [5, 5.41) is 2.64. The van der Waals surface area contributed by atoms with Gasteiger partial charge in [0, 0.05) is 6.54 Å². The van der Waals surface area contributed by atoms with Gasteiger partial charge in [-0.05, 0) is 33.3 Å². The summed E-state index contributed by atoms with van der Waals surface area (Å²) in [4.78, 5) is 11.2. The molecule has 80 valence electrons. The van der Waals surface area contributed by atoms with Crippen LogP contribution in [0.3, 0.4) is 0 Å². The van der Waals surface area contributed by atoms with Gasteiger partial charge in [-0.1, -0.05) is 18.7 Å². The molecule has 0 saturated carbocycles. The predicted molar refractivity (Wildman–Crippen MR) is 58.2 cm³/mol. The maximum atomic E-state index is 11.2. The van der Waals surface area contributed by atoms with Crippen LogP contribution >= 0.6 is 0 Å². The standard InChI is InChI=1S/C11H19NO2/c1-6-9(7-2)8-12-10(13)14-11(3,4)5/h6-7H,1,8H2,2-5H3,(H,12,13)/b9-7+. The Balaban J connectivity index is 3.92. The van der Waals surface area contributed by atoms with Crippen molar-refractivity contribution in [2.45, 2.75) is 33.3 Å². The quantitative estimate of drug-likeness (QED) is 0.706. The lowest BCUT2D eigenvalue weighted by Crippen LogP contribution is -2.33. The molecule has 0 spiro atoms. The van der Waals surface area contributed by atoms with Crippen molar-refractivity contribution in [3.05, 3.63) is 24.3 Å². The summed E-state index contributed by atoms with van der Waals surface area (Å²) < 4.78 is 5.07. The van der Waals surface area contributed by atoms with E-state index < -0.39 is 11.7 Å². The van der Waals surface area contributed by atoms with Gasteiger partial charge < -0.3 is 10.1 Å². The number of allylic oxidation sites excluding steroid dienone is 1. The molecule has 0 aliphatic heterocycles. The van der Waals surface area contributed by atoms with Crippen LogP contribution in [0.15, 0.2) is 24.3 Å². The van der Waals surface area contributed by atoms with Crippen molar-refractivity contribution in [3.8, 4) is 0 Å². The minimum Gasteiger partial charge on any atom is -0.444 e. The van der Waals surface area contributed by atoms with E-state index in [1.54, 1.807) is 6.08 Å². The van der Waals surface area contributed by atoms with Gasteiger partial charge in [-0.3, -0.25) is 0 Å². The molecule has 3 nitrogen and oxygen atoms in total. The van der Waals surface area contributed by atoms with Crippen LogP contribution in [0.4, 0.5) is 4.79 Å². The summed E-state index contributed by atoms with van der Waals surface area (Å²) >= 11 is 0. The molecule has 0 aromatic rings. The monoisotopic (exact) mass is 197 g/mol. The van der Waals surface area contributed by atoms with Crippen LogP contribution in [0.5, 0.6) is 0 Å². The summed E-state index contributed by atoms with van der Waals surface area (Å²) in [6.07, 6.45) is 3.19. The number of ether oxygens (including phenoxy) is 1. The van der Waals surface area contributed by atoms with Gasteiger partial charge >= 0.3 is 6.09 Å². The lowest BCUT2D eigenvalue weighted by Gasteiger charge is -2.19. The van der Waals surface area contributed by atoms with E-state index in [9.17, 15) is 4.79 Å². The number of amides is 1. The van der Waals surface area contributed by atoms with E-state index in [2.05, 4.69) is 11.9 Å². The number of hydrogen-bond acceptors (Lipinski definition) is 2. The Labute approximate surface area is 85.8 Å². The minimum atomic E-state index is -0.450. The van der Waals surface area contributed by atoms with E-state index in [1.165, 1.54) is 0 Å². The molecule has 0 unspecified atom stereocenters. The van der Waals surface area contributed by atoms with Gasteiger partial charge in [-0.2, -0.15) is 0 Å². The minimum absolute atomic E-state index is 0.404. The van der Waals surface area contributed by atoms with Gasteiger partial charge in [-0.25, -0.2) is 4.79 Å². The first-order valence-electron chi connectivity index (χ1n) is 4.63. The van der Waals surface area contributed by atoms with E-state index in [-0.39, 0.29) is 0 Å². The van der Waals surface area contributed by atoms with Crippen molar-refractivity contribution in [2.24, 2.45) is 0 Å². The van der Waals surface area contributed by atoms with Crippen molar-refractivity contribution >= 4 is 6.09 Å². The predicted octanol–water partition coefficient (Wildman–Crippen LogP) is 2.64. The van der Waals surface area contributed by atoms with Gasteiger partial charge in [0.2, 0.25) is 0 Å². The summed E-state index contributed by atoms with van der Waals surface area (Å²) in [7, 11) is 0. The van der Waals surface area contributed by atoms with Crippen molar-refractivity contribution in [3.63, 3.8) is 0 Å². The van der Waals surface area contributed by atoms with E-state index >= 15 is 0 Å². The topological polar surface area (TPSA) is 38.3 Å². The maximum Gasteiger partial charge on any atom is 0.407 e. The molecule has 0 fully saturated rings. The normalized spacial score (nSPS) is 12.1. The molecule has 0 aliphatic rings. The highest BCUT2D eigenvalue weighted by atomic mass is 16.6. The molecule has 0 bridgehead atoms. The summed E-state index contributed by atoms with van der Waals surface area (Å²) in [5.41, 5.74) is 0.518. The second-order valence-corrected chi connectivity index (χ2v) is 3.92. The lowest BCUT2D eigenvalue weighted by atomic mass is 10.2. The van der Waals surface area contributed by atoms with E-state index in [0.29, 0.717) is 6.54 Å². The summed E-state index contributed by atoms with van der Waals surface area (Å²) in [6, 6.07) is 0. The Kier molecular flexibility index (Phi) is 4.99. The Bertz CT molecular complexity index is 236. The smallest absolute Gasteiger partial charge is 0.407 e. The molecule has 0 aliphatic carbocycles. The highest BCUT2D eigenvalue weighted by molar-refractivity contribution is 5.68.